The van der Waals surface area contributed by atoms with Gasteiger partial charge in [0.2, 0.25) is 11.7 Å². The van der Waals surface area contributed by atoms with Crippen molar-refractivity contribution < 1.29 is 14.1 Å². The van der Waals surface area contributed by atoms with E-state index in [4.69, 9.17) is 20.9 Å². The molecule has 3 aromatic rings. The number of aromatic nitrogens is 2. The van der Waals surface area contributed by atoms with Crippen molar-refractivity contribution in [2.75, 3.05) is 7.05 Å². The van der Waals surface area contributed by atoms with Crippen molar-refractivity contribution in [3.8, 4) is 17.1 Å². The minimum atomic E-state index is -0.636. The van der Waals surface area contributed by atoms with Gasteiger partial charge >= 0.3 is 0 Å². The van der Waals surface area contributed by atoms with Gasteiger partial charge in [-0.1, -0.05) is 41.0 Å². The summed E-state index contributed by atoms with van der Waals surface area (Å²) in [7, 11) is 1.66. The Morgan fingerprint density at radius 1 is 1.26 bits per heavy atom. The summed E-state index contributed by atoms with van der Waals surface area (Å²) in [6.07, 6.45) is -0.636. The number of nitrogens with zero attached hydrogens (tertiary/aromatic N) is 3. The molecule has 7 heteroatoms. The first kappa shape index (κ1) is 18.9. The summed E-state index contributed by atoms with van der Waals surface area (Å²) in [4.78, 5) is 18.4. The standard InChI is InChI=1S/C20H20ClN3O3/c1-13-7-6-8-15(11-13)26-14(2)20(25)24(3)12-18-22-19(23-27-18)16-9-4-5-10-17(16)21/h4-11,14H,12H2,1-3H3. The molecule has 1 amide bonds. The zero-order chi connectivity index (χ0) is 19.4. The van der Waals surface area contributed by atoms with Crippen molar-refractivity contribution in [2.24, 2.45) is 0 Å². The molecule has 0 spiro atoms. The van der Waals surface area contributed by atoms with Gasteiger partial charge in [0.15, 0.2) is 6.10 Å². The first-order valence-electron chi connectivity index (χ1n) is 8.50. The lowest BCUT2D eigenvalue weighted by Gasteiger charge is -2.20. The number of hydrogen-bond acceptors (Lipinski definition) is 5. The van der Waals surface area contributed by atoms with Crippen LogP contribution in [0, 0.1) is 6.92 Å². The van der Waals surface area contributed by atoms with Gasteiger partial charge in [0.05, 0.1) is 11.6 Å². The van der Waals surface area contributed by atoms with Gasteiger partial charge in [-0.15, -0.1) is 0 Å². The Bertz CT molecular complexity index is 941. The van der Waals surface area contributed by atoms with Crippen molar-refractivity contribution in [2.45, 2.75) is 26.5 Å². The molecule has 0 aliphatic rings. The number of hydrogen-bond donors (Lipinski definition) is 0. The summed E-state index contributed by atoms with van der Waals surface area (Å²) in [5.74, 6) is 1.18. The molecule has 140 valence electrons. The third kappa shape index (κ3) is 4.65. The van der Waals surface area contributed by atoms with Gasteiger partial charge in [0.1, 0.15) is 5.75 Å². The van der Waals surface area contributed by atoms with Gasteiger partial charge in [-0.2, -0.15) is 4.98 Å². The number of likely N-dealkylation sites (N-methyl/N-ethyl adjacent to an activating group) is 1. The maximum atomic E-state index is 12.6. The molecular formula is C20H20ClN3O3. The van der Waals surface area contributed by atoms with Gasteiger partial charge in [-0.05, 0) is 43.7 Å². The van der Waals surface area contributed by atoms with Crippen LogP contribution in [-0.2, 0) is 11.3 Å². The van der Waals surface area contributed by atoms with E-state index < -0.39 is 6.10 Å². The minimum Gasteiger partial charge on any atom is -0.481 e. The van der Waals surface area contributed by atoms with Gasteiger partial charge in [-0.3, -0.25) is 4.79 Å². The summed E-state index contributed by atoms with van der Waals surface area (Å²) in [6.45, 7) is 3.86. The Balaban J connectivity index is 1.64. The lowest BCUT2D eigenvalue weighted by molar-refractivity contribution is -0.137. The van der Waals surface area contributed by atoms with E-state index in [1.165, 1.54) is 4.90 Å². The van der Waals surface area contributed by atoms with E-state index in [0.717, 1.165) is 5.56 Å². The lowest BCUT2D eigenvalue weighted by atomic mass is 10.2. The van der Waals surface area contributed by atoms with E-state index in [0.29, 0.717) is 28.1 Å². The number of amides is 1. The number of carbonyl (C=O) groups excluding carboxylic acids is 1. The Kier molecular flexibility index (Phi) is 5.76. The average Bonchev–Trinajstić information content (AvgIpc) is 3.09. The number of benzene rings is 2. The molecule has 0 radical (unpaired) electrons. The molecule has 1 heterocycles. The predicted molar refractivity (Wildman–Crippen MR) is 102 cm³/mol. The van der Waals surface area contributed by atoms with Crippen molar-refractivity contribution in [3.63, 3.8) is 0 Å². The SMILES string of the molecule is Cc1cccc(OC(C)C(=O)N(C)Cc2nc(-c3ccccc3Cl)no2)c1. The number of rotatable bonds is 6. The highest BCUT2D eigenvalue weighted by atomic mass is 35.5. The van der Waals surface area contributed by atoms with Crippen LogP contribution in [0.1, 0.15) is 18.4 Å². The fourth-order valence-electron chi connectivity index (χ4n) is 2.61. The third-order valence-corrected chi connectivity index (χ3v) is 4.31. The molecule has 3 rings (SSSR count). The quantitative estimate of drug-likeness (QED) is 0.638. The first-order valence-corrected chi connectivity index (χ1v) is 8.87. The number of ether oxygens (including phenoxy) is 1. The van der Waals surface area contributed by atoms with Crippen LogP contribution in [0.25, 0.3) is 11.4 Å². The van der Waals surface area contributed by atoms with Crippen LogP contribution in [-0.4, -0.2) is 34.1 Å². The van der Waals surface area contributed by atoms with Gasteiger partial charge in [0.25, 0.3) is 5.91 Å². The zero-order valence-corrected chi connectivity index (χ0v) is 16.1. The fourth-order valence-corrected chi connectivity index (χ4v) is 2.83. The molecule has 1 atom stereocenters. The van der Waals surface area contributed by atoms with Gasteiger partial charge in [0, 0.05) is 12.6 Å². The second kappa shape index (κ2) is 8.22. The van der Waals surface area contributed by atoms with E-state index in [9.17, 15) is 4.79 Å². The second-order valence-corrected chi connectivity index (χ2v) is 6.67. The molecular weight excluding hydrogens is 366 g/mol. The first-order chi connectivity index (χ1) is 12.9. The Morgan fingerprint density at radius 2 is 2.04 bits per heavy atom. The highest BCUT2D eigenvalue weighted by Crippen LogP contribution is 2.25. The van der Waals surface area contributed by atoms with E-state index in [-0.39, 0.29) is 12.5 Å². The van der Waals surface area contributed by atoms with Gasteiger partial charge < -0.3 is 14.2 Å². The second-order valence-electron chi connectivity index (χ2n) is 6.26. The van der Waals surface area contributed by atoms with Crippen molar-refractivity contribution in [3.05, 3.63) is 65.0 Å². The van der Waals surface area contributed by atoms with Crippen molar-refractivity contribution in [1.29, 1.82) is 0 Å². The summed E-state index contributed by atoms with van der Waals surface area (Å²) < 4.78 is 11.0. The van der Waals surface area contributed by atoms with Crippen LogP contribution in [0.5, 0.6) is 5.75 Å². The largest absolute Gasteiger partial charge is 0.481 e. The fraction of sp³-hybridized carbons (Fsp3) is 0.250. The molecule has 0 bridgehead atoms. The molecule has 0 N–H and O–H groups in total. The molecule has 0 saturated carbocycles. The highest BCUT2D eigenvalue weighted by Gasteiger charge is 2.22. The predicted octanol–water partition coefficient (Wildman–Crippen LogP) is 4.12. The zero-order valence-electron chi connectivity index (χ0n) is 15.3. The Hall–Kier alpha value is -2.86. The topological polar surface area (TPSA) is 68.5 Å². The third-order valence-electron chi connectivity index (χ3n) is 3.98. The summed E-state index contributed by atoms with van der Waals surface area (Å²) in [5.41, 5.74) is 1.75. The van der Waals surface area contributed by atoms with E-state index in [2.05, 4.69) is 10.1 Å². The molecule has 27 heavy (non-hydrogen) atoms. The maximum absolute atomic E-state index is 12.6. The van der Waals surface area contributed by atoms with Crippen LogP contribution in [0.4, 0.5) is 0 Å². The van der Waals surface area contributed by atoms with Crippen molar-refractivity contribution >= 4 is 17.5 Å². The smallest absolute Gasteiger partial charge is 0.263 e. The molecule has 0 aliphatic carbocycles. The van der Waals surface area contributed by atoms with Crippen LogP contribution in [0.2, 0.25) is 5.02 Å². The molecule has 1 unspecified atom stereocenters. The normalized spacial score (nSPS) is 11.9. The summed E-state index contributed by atoms with van der Waals surface area (Å²) in [5, 5.41) is 4.48. The van der Waals surface area contributed by atoms with E-state index in [1.54, 1.807) is 20.0 Å². The number of halogens is 1. The molecule has 1 aromatic heterocycles. The maximum Gasteiger partial charge on any atom is 0.263 e. The molecule has 6 nitrogen and oxygen atoms in total. The molecule has 0 saturated heterocycles. The minimum absolute atomic E-state index is 0.178. The molecule has 0 fully saturated rings. The Labute approximate surface area is 162 Å². The van der Waals surface area contributed by atoms with Crippen LogP contribution >= 0.6 is 11.6 Å². The van der Waals surface area contributed by atoms with Crippen LogP contribution in [0.3, 0.4) is 0 Å². The Morgan fingerprint density at radius 3 is 2.78 bits per heavy atom. The monoisotopic (exact) mass is 385 g/mol. The summed E-state index contributed by atoms with van der Waals surface area (Å²) >= 11 is 6.15. The number of aryl methyl sites for hydroxylation is 1. The van der Waals surface area contributed by atoms with E-state index >= 15 is 0 Å². The van der Waals surface area contributed by atoms with Gasteiger partial charge in [-0.25, -0.2) is 0 Å². The summed E-state index contributed by atoms with van der Waals surface area (Å²) in [6, 6.07) is 14.8. The van der Waals surface area contributed by atoms with Crippen molar-refractivity contribution in [1.82, 2.24) is 15.0 Å². The average molecular weight is 386 g/mol. The molecule has 2 aromatic carbocycles. The highest BCUT2D eigenvalue weighted by molar-refractivity contribution is 6.33. The lowest BCUT2D eigenvalue weighted by Crippen LogP contribution is -2.37. The van der Waals surface area contributed by atoms with Crippen LogP contribution in [0.15, 0.2) is 53.1 Å². The van der Waals surface area contributed by atoms with E-state index in [1.807, 2.05) is 49.4 Å². The molecule has 0 aliphatic heterocycles. The van der Waals surface area contributed by atoms with Crippen LogP contribution < -0.4 is 4.74 Å². The number of carbonyl (C=O) groups is 1.